The maximum Gasteiger partial charge on any atom is 0.254 e. The summed E-state index contributed by atoms with van der Waals surface area (Å²) >= 11 is 0. The first-order chi connectivity index (χ1) is 13.2. The summed E-state index contributed by atoms with van der Waals surface area (Å²) in [5.41, 5.74) is 1.37. The van der Waals surface area contributed by atoms with Crippen molar-refractivity contribution < 1.29 is 23.1 Å². The molecule has 3 N–H and O–H groups in total. The molecule has 2 aliphatic rings. The molecule has 0 aromatic heterocycles. The molecule has 28 heavy (non-hydrogen) atoms. The number of aliphatic hydroxyl groups is 1. The smallest absolute Gasteiger partial charge is 0.254 e. The number of likely N-dealkylation sites (tertiary alicyclic amines) is 1. The molecule has 0 radical (unpaired) electrons. The summed E-state index contributed by atoms with van der Waals surface area (Å²) in [4.78, 5) is 14.8. The van der Waals surface area contributed by atoms with Crippen LogP contribution in [0.2, 0.25) is 0 Å². The van der Waals surface area contributed by atoms with E-state index in [1.165, 1.54) is 12.1 Å². The van der Waals surface area contributed by atoms with Gasteiger partial charge >= 0.3 is 0 Å². The van der Waals surface area contributed by atoms with Crippen molar-refractivity contribution in [1.82, 2.24) is 4.90 Å². The number of para-hydroxylation sites is 1. The third kappa shape index (κ3) is 2.97. The SMILES string of the molecule is Cc1ccc(S(N)(=O)=O)cc1C(=O)N1C[C@@H]2c3ccccc3OC[C@]2(CO)C1. The van der Waals surface area contributed by atoms with Crippen LogP contribution in [-0.2, 0) is 10.0 Å². The molecule has 1 amide bonds. The van der Waals surface area contributed by atoms with Gasteiger partial charge in [0.2, 0.25) is 10.0 Å². The van der Waals surface area contributed by atoms with Crippen molar-refractivity contribution in [2.24, 2.45) is 10.6 Å². The highest BCUT2D eigenvalue weighted by Crippen LogP contribution is 2.49. The van der Waals surface area contributed by atoms with Crippen LogP contribution < -0.4 is 9.88 Å². The molecule has 0 bridgehead atoms. The van der Waals surface area contributed by atoms with E-state index in [1.807, 2.05) is 24.3 Å². The van der Waals surface area contributed by atoms with E-state index in [-0.39, 0.29) is 23.3 Å². The van der Waals surface area contributed by atoms with Crippen molar-refractivity contribution in [3.63, 3.8) is 0 Å². The number of sulfonamides is 1. The number of ether oxygens (including phenoxy) is 1. The van der Waals surface area contributed by atoms with Gasteiger partial charge in [-0.15, -0.1) is 0 Å². The summed E-state index contributed by atoms with van der Waals surface area (Å²) in [6.45, 7) is 2.74. The molecule has 2 heterocycles. The first-order valence-corrected chi connectivity index (χ1v) is 10.6. The van der Waals surface area contributed by atoms with Gasteiger partial charge in [0.15, 0.2) is 0 Å². The van der Waals surface area contributed by atoms with Crippen LogP contribution in [0.15, 0.2) is 47.4 Å². The number of hydrogen-bond acceptors (Lipinski definition) is 5. The number of hydrogen-bond donors (Lipinski definition) is 2. The second-order valence-electron chi connectivity index (χ2n) is 7.61. The predicted octanol–water partition coefficient (Wildman–Crippen LogP) is 1.25. The molecule has 0 saturated carbocycles. The number of rotatable bonds is 3. The van der Waals surface area contributed by atoms with Crippen LogP contribution in [0, 0.1) is 12.3 Å². The largest absolute Gasteiger partial charge is 0.493 e. The topological polar surface area (TPSA) is 110 Å². The van der Waals surface area contributed by atoms with Gasteiger partial charge in [-0.2, -0.15) is 0 Å². The molecule has 0 spiro atoms. The lowest BCUT2D eigenvalue weighted by Gasteiger charge is -2.37. The Balaban J connectivity index is 1.70. The van der Waals surface area contributed by atoms with E-state index < -0.39 is 15.4 Å². The van der Waals surface area contributed by atoms with E-state index in [2.05, 4.69) is 0 Å². The van der Waals surface area contributed by atoms with Crippen LogP contribution in [0.25, 0.3) is 0 Å². The van der Waals surface area contributed by atoms with Crippen molar-refractivity contribution in [2.45, 2.75) is 17.7 Å². The molecule has 148 valence electrons. The van der Waals surface area contributed by atoms with Crippen molar-refractivity contribution in [3.8, 4) is 5.75 Å². The van der Waals surface area contributed by atoms with Crippen LogP contribution in [-0.4, -0.2) is 50.6 Å². The quantitative estimate of drug-likeness (QED) is 0.803. The molecule has 2 aromatic rings. The van der Waals surface area contributed by atoms with Gasteiger partial charge in [0.25, 0.3) is 5.91 Å². The standard InChI is InChI=1S/C20H22N2O5S/c1-13-6-7-14(28(21,25)26)8-16(13)19(24)22-9-17-15-4-2-3-5-18(15)27-12-20(17,10-22)11-23/h2-8,17,23H,9-12H2,1H3,(H2,21,25,26)/t17-,20-/m1/s1. The van der Waals surface area contributed by atoms with Crippen LogP contribution in [0.3, 0.4) is 0 Å². The fourth-order valence-electron chi connectivity index (χ4n) is 4.20. The van der Waals surface area contributed by atoms with Crippen molar-refractivity contribution in [3.05, 3.63) is 59.2 Å². The van der Waals surface area contributed by atoms with E-state index in [1.54, 1.807) is 17.9 Å². The molecule has 0 aliphatic carbocycles. The lowest BCUT2D eigenvalue weighted by molar-refractivity contribution is 0.0440. The highest BCUT2D eigenvalue weighted by atomic mass is 32.2. The fraction of sp³-hybridized carbons (Fsp3) is 0.350. The second-order valence-corrected chi connectivity index (χ2v) is 9.17. The molecule has 7 nitrogen and oxygen atoms in total. The number of carbonyl (C=O) groups is 1. The van der Waals surface area contributed by atoms with Gasteiger partial charge in [-0.25, -0.2) is 13.6 Å². The Morgan fingerprint density at radius 1 is 1.32 bits per heavy atom. The van der Waals surface area contributed by atoms with Crippen molar-refractivity contribution in [1.29, 1.82) is 0 Å². The Hall–Kier alpha value is -2.42. The third-order valence-corrected chi connectivity index (χ3v) is 6.74. The van der Waals surface area contributed by atoms with Crippen LogP contribution in [0.4, 0.5) is 0 Å². The first kappa shape index (κ1) is 18.9. The predicted molar refractivity (Wildman–Crippen MR) is 103 cm³/mol. The Labute approximate surface area is 163 Å². The van der Waals surface area contributed by atoms with Crippen LogP contribution in [0.5, 0.6) is 5.75 Å². The van der Waals surface area contributed by atoms with Gasteiger partial charge in [0.1, 0.15) is 5.75 Å². The first-order valence-electron chi connectivity index (χ1n) is 9.00. The van der Waals surface area contributed by atoms with Gasteiger partial charge in [-0.1, -0.05) is 24.3 Å². The summed E-state index contributed by atoms with van der Waals surface area (Å²) in [7, 11) is -3.91. The molecule has 8 heteroatoms. The second kappa shape index (κ2) is 6.58. The minimum Gasteiger partial charge on any atom is -0.493 e. The summed E-state index contributed by atoms with van der Waals surface area (Å²) in [6.07, 6.45) is 0. The highest BCUT2D eigenvalue weighted by molar-refractivity contribution is 7.89. The zero-order chi connectivity index (χ0) is 20.1. The van der Waals surface area contributed by atoms with Crippen molar-refractivity contribution in [2.75, 3.05) is 26.3 Å². The number of carbonyl (C=O) groups excluding carboxylic acids is 1. The van der Waals surface area contributed by atoms with E-state index in [4.69, 9.17) is 9.88 Å². The number of fused-ring (bicyclic) bond motifs is 3. The monoisotopic (exact) mass is 402 g/mol. The molecule has 1 fully saturated rings. The molecule has 2 aromatic carbocycles. The molecule has 2 atom stereocenters. The van der Waals surface area contributed by atoms with Gasteiger partial charge in [-0.3, -0.25) is 4.79 Å². The number of nitrogens with zero attached hydrogens (tertiary/aromatic N) is 1. The van der Waals surface area contributed by atoms with E-state index in [9.17, 15) is 18.3 Å². The zero-order valence-electron chi connectivity index (χ0n) is 15.5. The number of aryl methyl sites for hydroxylation is 1. The minimum atomic E-state index is -3.91. The molecule has 4 rings (SSSR count). The number of aliphatic hydroxyl groups excluding tert-OH is 1. The Morgan fingerprint density at radius 2 is 2.07 bits per heavy atom. The molecule has 2 aliphatic heterocycles. The Morgan fingerprint density at radius 3 is 2.79 bits per heavy atom. The zero-order valence-corrected chi connectivity index (χ0v) is 16.3. The van der Waals surface area contributed by atoms with Gasteiger partial charge in [-0.05, 0) is 36.2 Å². The third-order valence-electron chi connectivity index (χ3n) is 5.83. The molecular formula is C20H22N2O5S. The van der Waals surface area contributed by atoms with Crippen LogP contribution in [0.1, 0.15) is 27.4 Å². The Bertz CT molecular complexity index is 1050. The molecule has 0 unspecified atom stereocenters. The lowest BCUT2D eigenvalue weighted by Crippen LogP contribution is -2.42. The Kier molecular flexibility index (Phi) is 4.45. The van der Waals surface area contributed by atoms with E-state index in [0.29, 0.717) is 30.8 Å². The van der Waals surface area contributed by atoms with Gasteiger partial charge in [0, 0.05) is 24.6 Å². The average Bonchev–Trinajstić information content (AvgIpc) is 3.08. The van der Waals surface area contributed by atoms with Gasteiger partial charge in [0.05, 0.1) is 23.5 Å². The maximum absolute atomic E-state index is 13.2. The number of primary sulfonamides is 1. The normalized spacial score (nSPS) is 23.7. The fourth-order valence-corrected chi connectivity index (χ4v) is 4.74. The summed E-state index contributed by atoms with van der Waals surface area (Å²) in [5, 5.41) is 15.4. The molecular weight excluding hydrogens is 380 g/mol. The minimum absolute atomic E-state index is 0.0480. The number of nitrogens with two attached hydrogens (primary N) is 1. The number of amides is 1. The summed E-state index contributed by atoms with van der Waals surface area (Å²) < 4.78 is 29.2. The number of benzene rings is 2. The molecule has 1 saturated heterocycles. The average molecular weight is 402 g/mol. The van der Waals surface area contributed by atoms with E-state index >= 15 is 0 Å². The summed E-state index contributed by atoms with van der Waals surface area (Å²) in [6, 6.07) is 12.0. The van der Waals surface area contributed by atoms with Crippen molar-refractivity contribution >= 4 is 15.9 Å². The highest BCUT2D eigenvalue weighted by Gasteiger charge is 2.52. The summed E-state index contributed by atoms with van der Waals surface area (Å²) in [5.74, 6) is 0.453. The van der Waals surface area contributed by atoms with E-state index in [0.717, 1.165) is 11.3 Å². The maximum atomic E-state index is 13.2. The van der Waals surface area contributed by atoms with Gasteiger partial charge < -0.3 is 14.7 Å². The van der Waals surface area contributed by atoms with Crippen LogP contribution >= 0.6 is 0 Å². The lowest BCUT2D eigenvalue weighted by atomic mass is 9.74.